The minimum atomic E-state index is 0.639. The van der Waals surface area contributed by atoms with Crippen molar-refractivity contribution in [3.8, 4) is 152 Å². The van der Waals surface area contributed by atoms with E-state index in [0.29, 0.717) is 11.6 Å². The highest BCUT2D eigenvalue weighted by atomic mass is 15.0. The number of rotatable bonds is 15. The summed E-state index contributed by atoms with van der Waals surface area (Å²) in [6.07, 6.45) is 0. The largest absolute Gasteiger partial charge is 0.309 e. The first kappa shape index (κ1) is 72.3. The average Bonchev–Trinajstić information content (AvgIpc) is 1.10. The minimum absolute atomic E-state index is 0.639. The summed E-state index contributed by atoms with van der Waals surface area (Å²) >= 11 is 0. The number of hydrogen-bond donors (Lipinski definition) is 0. The standard InChI is InChI=1S/C118H75N7/c1-7-30-76(31-8-1)85-65-86(81-55-62-114-105(71-81)103-50-25-28-53-113(103)123(114)90-40-15-5-16-41-90)67-88(66-85)93-58-60-100(97-46-21-19-44-95(93)97)110-75-108(78-34-11-3-12-35-78)120-118(122-110)84-39-29-38-80(64-84)83-54-57-104-106-72-82(56-63-115(106)124(116(104)73-83)91-42-17-6-18-43-91)87-68-89(70-92(69-87)125-111-51-26-23-48-101(111)102-49-24-27-52-112(102)125)94-59-61-99(98-47-22-20-45-96(94)98)109-74-107(77-32-9-2-10-33-77)119-117(121-109)79-36-13-4-14-37-79/h1-75H. The third-order valence-electron chi connectivity index (χ3n) is 25.0. The van der Waals surface area contributed by atoms with Gasteiger partial charge in [0.1, 0.15) is 0 Å². The summed E-state index contributed by atoms with van der Waals surface area (Å²) in [6, 6.07) is 165. The van der Waals surface area contributed by atoms with Crippen LogP contribution in [-0.2, 0) is 0 Å². The van der Waals surface area contributed by atoms with Crippen LogP contribution in [0.15, 0.2) is 455 Å². The molecule has 0 amide bonds. The van der Waals surface area contributed by atoms with Crippen molar-refractivity contribution in [2.45, 2.75) is 0 Å². The van der Waals surface area contributed by atoms with E-state index in [0.717, 1.165) is 194 Å². The van der Waals surface area contributed by atoms with Crippen molar-refractivity contribution in [3.63, 3.8) is 0 Å². The van der Waals surface area contributed by atoms with E-state index in [9.17, 15) is 0 Å². The molecule has 0 saturated heterocycles. The van der Waals surface area contributed by atoms with Gasteiger partial charge in [-0.3, -0.25) is 0 Å². The van der Waals surface area contributed by atoms with Crippen LogP contribution in [0.2, 0.25) is 0 Å². The van der Waals surface area contributed by atoms with Gasteiger partial charge in [0.2, 0.25) is 0 Å². The van der Waals surface area contributed by atoms with Gasteiger partial charge in [-0.2, -0.15) is 0 Å². The normalized spacial score (nSPS) is 11.7. The summed E-state index contributed by atoms with van der Waals surface area (Å²) in [7, 11) is 0. The summed E-state index contributed by atoms with van der Waals surface area (Å²) in [5.41, 5.74) is 32.9. The lowest BCUT2D eigenvalue weighted by atomic mass is 9.89. The highest BCUT2D eigenvalue weighted by molar-refractivity contribution is 6.15. The Hall–Kier alpha value is -16.7. The van der Waals surface area contributed by atoms with Crippen molar-refractivity contribution in [1.82, 2.24) is 33.6 Å². The Balaban J connectivity index is 0.621. The first-order chi connectivity index (χ1) is 61.9. The second-order valence-electron chi connectivity index (χ2n) is 32.4. The molecule has 0 radical (unpaired) electrons. The van der Waals surface area contributed by atoms with Crippen LogP contribution in [0.25, 0.3) is 239 Å². The summed E-state index contributed by atoms with van der Waals surface area (Å²) < 4.78 is 7.26. The van der Waals surface area contributed by atoms with Crippen LogP contribution in [0.3, 0.4) is 0 Å². The van der Waals surface area contributed by atoms with Gasteiger partial charge in [-0.1, -0.05) is 328 Å². The molecule has 7 nitrogen and oxygen atoms in total. The number of fused-ring (bicyclic) bond motifs is 11. The molecule has 125 heavy (non-hydrogen) atoms. The lowest BCUT2D eigenvalue weighted by molar-refractivity contribution is 1.18. The Bertz CT molecular complexity index is 8270. The minimum Gasteiger partial charge on any atom is -0.309 e. The van der Waals surface area contributed by atoms with Gasteiger partial charge in [-0.15, -0.1) is 0 Å². The average molecular weight is 1590 g/mol. The molecule has 24 aromatic rings. The molecular formula is C118H75N7. The van der Waals surface area contributed by atoms with Crippen LogP contribution in [0.5, 0.6) is 0 Å². The molecule has 0 bridgehead atoms. The van der Waals surface area contributed by atoms with Crippen molar-refractivity contribution >= 4 is 87.0 Å². The molecule has 24 rings (SSSR count). The second-order valence-corrected chi connectivity index (χ2v) is 32.4. The van der Waals surface area contributed by atoms with Gasteiger partial charge in [-0.25, -0.2) is 19.9 Å². The Morgan fingerprint density at radius 3 is 0.928 bits per heavy atom. The summed E-state index contributed by atoms with van der Waals surface area (Å²) in [5, 5.41) is 11.6. The maximum absolute atomic E-state index is 5.62. The van der Waals surface area contributed by atoms with Crippen LogP contribution in [0.4, 0.5) is 0 Å². The van der Waals surface area contributed by atoms with Gasteiger partial charge in [0.15, 0.2) is 11.6 Å². The molecule has 7 heteroatoms. The Kier molecular flexibility index (Phi) is 17.5. The third kappa shape index (κ3) is 12.8. The molecular weight excluding hydrogens is 1520 g/mol. The van der Waals surface area contributed by atoms with Crippen molar-refractivity contribution < 1.29 is 0 Å². The summed E-state index contributed by atoms with van der Waals surface area (Å²) in [5.74, 6) is 1.32. The molecule has 0 aliphatic rings. The van der Waals surface area contributed by atoms with Gasteiger partial charge in [0, 0.05) is 82.8 Å². The monoisotopic (exact) mass is 1590 g/mol. The van der Waals surface area contributed by atoms with Crippen molar-refractivity contribution in [1.29, 1.82) is 0 Å². The molecule has 19 aromatic carbocycles. The van der Waals surface area contributed by atoms with Crippen molar-refractivity contribution in [2.24, 2.45) is 0 Å². The number of benzene rings is 19. The molecule has 0 unspecified atom stereocenters. The van der Waals surface area contributed by atoms with E-state index < -0.39 is 0 Å². The lowest BCUT2D eigenvalue weighted by Crippen LogP contribution is -1.97. The Morgan fingerprint density at radius 1 is 0.128 bits per heavy atom. The highest BCUT2D eigenvalue weighted by Crippen LogP contribution is 2.47. The molecule has 5 heterocycles. The van der Waals surface area contributed by atoms with Crippen LogP contribution in [0.1, 0.15) is 0 Å². The fraction of sp³-hybridized carbons (Fsp3) is 0. The van der Waals surface area contributed by atoms with Gasteiger partial charge >= 0.3 is 0 Å². The molecule has 0 atom stereocenters. The van der Waals surface area contributed by atoms with Crippen LogP contribution >= 0.6 is 0 Å². The fourth-order valence-electron chi connectivity index (χ4n) is 19.2. The first-order valence-electron chi connectivity index (χ1n) is 42.6. The third-order valence-corrected chi connectivity index (χ3v) is 25.0. The summed E-state index contributed by atoms with van der Waals surface area (Å²) in [6.45, 7) is 0. The predicted molar refractivity (Wildman–Crippen MR) is 521 cm³/mol. The van der Waals surface area contributed by atoms with Gasteiger partial charge in [0.05, 0.1) is 55.9 Å². The molecule has 0 aliphatic heterocycles. The fourth-order valence-corrected chi connectivity index (χ4v) is 19.2. The predicted octanol–water partition coefficient (Wildman–Crippen LogP) is 30.9. The van der Waals surface area contributed by atoms with E-state index >= 15 is 0 Å². The Labute approximate surface area is 722 Å². The van der Waals surface area contributed by atoms with Crippen molar-refractivity contribution in [2.75, 3.05) is 0 Å². The molecule has 5 aromatic heterocycles. The molecule has 0 saturated carbocycles. The summed E-state index contributed by atoms with van der Waals surface area (Å²) in [4.78, 5) is 21.6. The van der Waals surface area contributed by atoms with E-state index in [1.807, 2.05) is 24.3 Å². The highest BCUT2D eigenvalue weighted by Gasteiger charge is 2.24. The van der Waals surface area contributed by atoms with Gasteiger partial charge in [0.25, 0.3) is 0 Å². The number of para-hydroxylation sites is 5. The van der Waals surface area contributed by atoms with E-state index in [1.54, 1.807) is 0 Å². The van der Waals surface area contributed by atoms with Crippen LogP contribution < -0.4 is 0 Å². The maximum Gasteiger partial charge on any atom is 0.160 e. The maximum atomic E-state index is 5.62. The zero-order valence-electron chi connectivity index (χ0n) is 67.9. The number of hydrogen-bond acceptors (Lipinski definition) is 4. The van der Waals surface area contributed by atoms with Crippen molar-refractivity contribution in [3.05, 3.63) is 455 Å². The quantitative estimate of drug-likeness (QED) is 0.103. The van der Waals surface area contributed by atoms with E-state index in [4.69, 9.17) is 19.9 Å². The molecule has 0 aliphatic carbocycles. The smallest absolute Gasteiger partial charge is 0.160 e. The second kappa shape index (κ2) is 30.2. The van der Waals surface area contributed by atoms with E-state index in [-0.39, 0.29) is 0 Å². The zero-order valence-corrected chi connectivity index (χ0v) is 67.9. The van der Waals surface area contributed by atoms with Gasteiger partial charge in [-0.05, 0) is 216 Å². The molecule has 582 valence electrons. The molecule has 0 N–H and O–H groups in total. The molecule has 0 fully saturated rings. The van der Waals surface area contributed by atoms with Gasteiger partial charge < -0.3 is 13.7 Å². The van der Waals surface area contributed by atoms with Crippen LogP contribution in [0, 0.1) is 0 Å². The first-order valence-corrected chi connectivity index (χ1v) is 42.6. The molecule has 0 spiro atoms. The lowest BCUT2D eigenvalue weighted by Gasteiger charge is -2.17. The SMILES string of the molecule is c1ccc(-c2cc(-c3ccc4c(c3)c3ccccc3n4-c3ccccc3)cc(-c3ccc(-c4cc(-c5ccccc5)nc(-c5cccc(-c6ccc7c8cc(-c9cc(-c%10ccc(-c%11cc(-c%12ccccc%12)nc(-c%12ccccc%12)n%11)c%11ccccc%10%11)cc(-n%10c%11ccccc%11c%11ccccc%11%10)c9)ccc8n(-c8ccccc8)c7c6)c5)n4)c4ccccc34)c2)cc1. The Morgan fingerprint density at radius 2 is 0.424 bits per heavy atom. The number of aromatic nitrogens is 7. The topological polar surface area (TPSA) is 66.3 Å². The van der Waals surface area contributed by atoms with E-state index in [2.05, 4.69) is 444 Å². The van der Waals surface area contributed by atoms with E-state index in [1.165, 1.54) is 32.6 Å². The zero-order chi connectivity index (χ0) is 82.4. The number of nitrogens with zero attached hydrogens (tertiary/aromatic N) is 7. The van der Waals surface area contributed by atoms with Crippen LogP contribution in [-0.4, -0.2) is 33.6 Å².